The number of benzene rings is 1. The van der Waals surface area contributed by atoms with Crippen LogP contribution in [0, 0.1) is 11.7 Å². The fourth-order valence-electron chi connectivity index (χ4n) is 3.24. The molecule has 8 heteroatoms. The summed E-state index contributed by atoms with van der Waals surface area (Å²) in [6, 6.07) is 6.09. The molecular weight excluding hydrogens is 365 g/mol. The lowest BCUT2D eigenvalue weighted by Gasteiger charge is -2.36. The second kappa shape index (κ2) is 10.4. The zero-order valence-corrected chi connectivity index (χ0v) is 16.7. The summed E-state index contributed by atoms with van der Waals surface area (Å²) in [7, 11) is 1.72. The number of ether oxygens (including phenoxy) is 1. The van der Waals surface area contributed by atoms with E-state index in [1.54, 1.807) is 29.0 Å². The molecule has 7 nitrogen and oxygen atoms in total. The van der Waals surface area contributed by atoms with Gasteiger partial charge in [-0.15, -0.1) is 0 Å². The number of likely N-dealkylation sites (N-methyl/N-ethyl adjacent to an activating group) is 1. The number of rotatable bonds is 8. The summed E-state index contributed by atoms with van der Waals surface area (Å²) in [5.41, 5.74) is 0.968. The van der Waals surface area contributed by atoms with E-state index in [1.165, 1.54) is 12.1 Å². The van der Waals surface area contributed by atoms with Crippen LogP contribution >= 0.6 is 0 Å². The molecule has 0 radical (unpaired) electrons. The van der Waals surface area contributed by atoms with Crippen LogP contribution in [0.4, 0.5) is 9.18 Å². The lowest BCUT2D eigenvalue weighted by Crippen LogP contribution is -2.54. The van der Waals surface area contributed by atoms with Crippen molar-refractivity contribution in [3.8, 4) is 0 Å². The van der Waals surface area contributed by atoms with E-state index in [0.29, 0.717) is 32.7 Å². The Balaban J connectivity index is 1.91. The molecule has 1 aliphatic rings. The summed E-state index contributed by atoms with van der Waals surface area (Å²) in [5.74, 6) is -0.956. The van der Waals surface area contributed by atoms with Crippen molar-refractivity contribution in [2.24, 2.45) is 5.92 Å². The first kappa shape index (κ1) is 22.1. The third-order valence-electron chi connectivity index (χ3n) is 4.83. The van der Waals surface area contributed by atoms with Crippen LogP contribution in [-0.2, 0) is 16.0 Å². The highest BCUT2D eigenvalue weighted by Crippen LogP contribution is 2.13. The lowest BCUT2D eigenvalue weighted by atomic mass is 9.96. The number of carboxylic acids is 1. The van der Waals surface area contributed by atoms with Gasteiger partial charge in [-0.1, -0.05) is 26.0 Å². The number of carbonyl (C=O) groups excluding carboxylic acids is 1. The normalized spacial score (nSPS) is 18.4. The van der Waals surface area contributed by atoms with Gasteiger partial charge in [0.2, 0.25) is 0 Å². The van der Waals surface area contributed by atoms with Crippen LogP contribution in [0.25, 0.3) is 0 Å². The van der Waals surface area contributed by atoms with E-state index in [2.05, 4.69) is 5.32 Å². The minimum absolute atomic E-state index is 0.0703. The van der Waals surface area contributed by atoms with Crippen LogP contribution in [0.15, 0.2) is 24.3 Å². The van der Waals surface area contributed by atoms with E-state index in [-0.39, 0.29) is 36.5 Å². The van der Waals surface area contributed by atoms with E-state index >= 15 is 0 Å². The third-order valence-corrected chi connectivity index (χ3v) is 4.83. The lowest BCUT2D eigenvalue weighted by molar-refractivity contribution is -0.138. The molecule has 1 aromatic rings. The van der Waals surface area contributed by atoms with Crippen LogP contribution < -0.4 is 5.32 Å². The number of morpholine rings is 1. The first-order chi connectivity index (χ1) is 13.2. The Kier molecular flexibility index (Phi) is 8.19. The Bertz CT molecular complexity index is 653. The molecule has 2 atom stereocenters. The number of aliphatic carboxylic acids is 1. The molecule has 28 heavy (non-hydrogen) atoms. The molecule has 1 aliphatic heterocycles. The summed E-state index contributed by atoms with van der Waals surface area (Å²) < 4.78 is 18.8. The number of halogens is 1. The number of carbonyl (C=O) groups is 2. The topological polar surface area (TPSA) is 82.1 Å². The standard InChI is InChI=1S/C20H30FN3O4/c1-14(2)18(10-15-4-6-16(21)7-5-15)22-20(27)24-8-9-28-17(12-24)11-23(3)13-19(25)26/h4-7,14,17-18H,8-13H2,1-3H3,(H,22,27)(H,25,26). The average Bonchev–Trinajstić information content (AvgIpc) is 2.62. The highest BCUT2D eigenvalue weighted by atomic mass is 19.1. The van der Waals surface area contributed by atoms with Crippen LogP contribution in [0.5, 0.6) is 0 Å². The second-order valence-electron chi connectivity index (χ2n) is 7.66. The molecule has 2 N–H and O–H groups in total. The third kappa shape index (κ3) is 7.09. The quantitative estimate of drug-likeness (QED) is 0.702. The summed E-state index contributed by atoms with van der Waals surface area (Å²) in [4.78, 5) is 26.9. The van der Waals surface area contributed by atoms with Gasteiger partial charge in [-0.05, 0) is 37.1 Å². The number of hydrogen-bond acceptors (Lipinski definition) is 4. The van der Waals surface area contributed by atoms with Crippen molar-refractivity contribution in [1.29, 1.82) is 0 Å². The predicted octanol–water partition coefficient (Wildman–Crippen LogP) is 1.82. The van der Waals surface area contributed by atoms with Crippen molar-refractivity contribution in [3.05, 3.63) is 35.6 Å². The van der Waals surface area contributed by atoms with Crippen LogP contribution in [-0.4, -0.2) is 78.9 Å². The Labute approximate surface area is 165 Å². The maximum Gasteiger partial charge on any atom is 0.317 e. The van der Waals surface area contributed by atoms with Crippen molar-refractivity contribution in [2.45, 2.75) is 32.4 Å². The van der Waals surface area contributed by atoms with E-state index in [1.807, 2.05) is 13.8 Å². The molecule has 0 aliphatic carbocycles. The summed E-state index contributed by atoms with van der Waals surface area (Å²) >= 11 is 0. The van der Waals surface area contributed by atoms with Gasteiger partial charge in [0, 0.05) is 25.7 Å². The van der Waals surface area contributed by atoms with E-state index < -0.39 is 5.97 Å². The van der Waals surface area contributed by atoms with Crippen molar-refractivity contribution in [3.63, 3.8) is 0 Å². The summed E-state index contributed by atoms with van der Waals surface area (Å²) in [6.45, 7) is 5.78. The van der Waals surface area contributed by atoms with Crippen molar-refractivity contribution < 1.29 is 23.8 Å². The largest absolute Gasteiger partial charge is 0.480 e. The molecule has 156 valence electrons. The van der Waals surface area contributed by atoms with Crippen molar-refractivity contribution in [2.75, 3.05) is 39.8 Å². The van der Waals surface area contributed by atoms with Gasteiger partial charge in [0.25, 0.3) is 0 Å². The van der Waals surface area contributed by atoms with Crippen LogP contribution in [0.3, 0.4) is 0 Å². The van der Waals surface area contributed by atoms with Gasteiger partial charge in [0.15, 0.2) is 0 Å². The summed E-state index contributed by atoms with van der Waals surface area (Å²) in [6.07, 6.45) is 0.400. The Morgan fingerprint density at radius 3 is 2.64 bits per heavy atom. The fraction of sp³-hybridized carbons (Fsp3) is 0.600. The van der Waals surface area contributed by atoms with Crippen LogP contribution in [0.2, 0.25) is 0 Å². The van der Waals surface area contributed by atoms with Crippen molar-refractivity contribution in [1.82, 2.24) is 15.1 Å². The molecule has 2 rings (SSSR count). The zero-order valence-electron chi connectivity index (χ0n) is 16.7. The first-order valence-corrected chi connectivity index (χ1v) is 9.56. The second-order valence-corrected chi connectivity index (χ2v) is 7.66. The zero-order chi connectivity index (χ0) is 20.7. The maximum atomic E-state index is 13.1. The minimum atomic E-state index is -0.895. The predicted molar refractivity (Wildman–Crippen MR) is 104 cm³/mol. The molecule has 1 heterocycles. The van der Waals surface area contributed by atoms with Gasteiger partial charge in [0.1, 0.15) is 5.82 Å². The van der Waals surface area contributed by atoms with Gasteiger partial charge in [-0.3, -0.25) is 9.69 Å². The van der Waals surface area contributed by atoms with Gasteiger partial charge in [0.05, 0.1) is 19.3 Å². The Hall–Kier alpha value is -2.19. The van der Waals surface area contributed by atoms with Crippen molar-refractivity contribution >= 4 is 12.0 Å². The van der Waals surface area contributed by atoms with E-state index in [9.17, 15) is 14.0 Å². The SMILES string of the molecule is CC(C)C(Cc1ccc(F)cc1)NC(=O)N1CCOC(CN(C)CC(=O)O)C1. The molecule has 0 bridgehead atoms. The number of nitrogens with zero attached hydrogens (tertiary/aromatic N) is 2. The van der Waals surface area contributed by atoms with Gasteiger partial charge >= 0.3 is 12.0 Å². The van der Waals surface area contributed by atoms with Gasteiger partial charge < -0.3 is 20.1 Å². The smallest absolute Gasteiger partial charge is 0.317 e. The molecule has 1 fully saturated rings. The van der Waals surface area contributed by atoms with Gasteiger partial charge in [-0.25, -0.2) is 9.18 Å². The minimum Gasteiger partial charge on any atom is -0.480 e. The summed E-state index contributed by atoms with van der Waals surface area (Å²) in [5, 5.41) is 11.9. The Morgan fingerprint density at radius 1 is 1.36 bits per heavy atom. The highest BCUT2D eigenvalue weighted by Gasteiger charge is 2.27. The molecule has 0 spiro atoms. The molecular formula is C20H30FN3O4. The molecule has 2 amide bonds. The monoisotopic (exact) mass is 395 g/mol. The van der Waals surface area contributed by atoms with Gasteiger partial charge in [-0.2, -0.15) is 0 Å². The molecule has 0 saturated carbocycles. The number of amides is 2. The fourth-order valence-corrected chi connectivity index (χ4v) is 3.24. The maximum absolute atomic E-state index is 13.1. The van der Waals surface area contributed by atoms with Crippen LogP contribution in [0.1, 0.15) is 19.4 Å². The molecule has 1 aromatic carbocycles. The average molecular weight is 395 g/mol. The number of carboxylic acid groups (broad SMARTS) is 1. The van der Waals surface area contributed by atoms with E-state index in [4.69, 9.17) is 9.84 Å². The number of urea groups is 1. The number of hydrogen-bond donors (Lipinski definition) is 2. The Morgan fingerprint density at radius 2 is 2.04 bits per heavy atom. The number of nitrogens with one attached hydrogen (secondary N) is 1. The molecule has 1 saturated heterocycles. The first-order valence-electron chi connectivity index (χ1n) is 9.56. The molecule has 0 aromatic heterocycles. The molecule has 2 unspecified atom stereocenters. The highest BCUT2D eigenvalue weighted by molar-refractivity contribution is 5.74. The van der Waals surface area contributed by atoms with E-state index in [0.717, 1.165) is 5.56 Å².